The number of hydrogen-bond acceptors (Lipinski definition) is 7. The molecule has 0 bridgehead atoms. The molecule has 1 saturated heterocycles. The molecule has 0 saturated carbocycles. The highest BCUT2D eigenvalue weighted by atomic mass is 16.5. The number of methoxy groups -OCH3 is 1. The van der Waals surface area contributed by atoms with Gasteiger partial charge >= 0.3 is 0 Å². The Hall–Kier alpha value is -2.90. The van der Waals surface area contributed by atoms with Crippen molar-refractivity contribution >= 4 is 17.5 Å². The van der Waals surface area contributed by atoms with E-state index in [0.29, 0.717) is 24.5 Å². The van der Waals surface area contributed by atoms with E-state index in [1.807, 2.05) is 17.0 Å². The number of amides is 1. The van der Waals surface area contributed by atoms with Crippen molar-refractivity contribution in [3.63, 3.8) is 0 Å². The van der Waals surface area contributed by atoms with Gasteiger partial charge in [0.05, 0.1) is 12.7 Å². The van der Waals surface area contributed by atoms with Crippen molar-refractivity contribution in [1.82, 2.24) is 20.1 Å². The smallest absolute Gasteiger partial charge is 0.255 e. The maximum atomic E-state index is 12.6. The molecule has 3 heterocycles. The molecule has 1 aliphatic rings. The Morgan fingerprint density at radius 1 is 1.07 bits per heavy atom. The lowest BCUT2D eigenvalue weighted by atomic mass is 10.2. The Balaban J connectivity index is 1.58. The quantitative estimate of drug-likeness (QED) is 0.766. The Morgan fingerprint density at radius 3 is 2.33 bits per heavy atom. The van der Waals surface area contributed by atoms with Gasteiger partial charge in [-0.2, -0.15) is 0 Å². The molecule has 0 atom stereocenters. The Kier molecular flexibility index (Phi) is 6.05. The number of ether oxygens (including phenoxy) is 1. The van der Waals surface area contributed by atoms with Crippen LogP contribution in [0.25, 0.3) is 0 Å². The van der Waals surface area contributed by atoms with Gasteiger partial charge in [-0.3, -0.25) is 4.79 Å². The van der Waals surface area contributed by atoms with Crippen molar-refractivity contribution in [1.29, 1.82) is 0 Å². The number of anilines is 2. The zero-order chi connectivity index (χ0) is 19.2. The van der Waals surface area contributed by atoms with E-state index in [1.54, 1.807) is 25.4 Å². The van der Waals surface area contributed by atoms with Gasteiger partial charge in [-0.25, -0.2) is 4.98 Å². The monoisotopic (exact) mass is 370 g/mol. The molecule has 8 nitrogen and oxygen atoms in total. The van der Waals surface area contributed by atoms with Crippen LogP contribution in [-0.2, 0) is 0 Å². The van der Waals surface area contributed by atoms with Gasteiger partial charge in [-0.15, -0.1) is 10.2 Å². The minimum absolute atomic E-state index is 0.00670. The fourth-order valence-corrected chi connectivity index (χ4v) is 3.15. The van der Waals surface area contributed by atoms with Gasteiger partial charge in [0.25, 0.3) is 5.91 Å². The molecule has 27 heavy (non-hydrogen) atoms. The number of rotatable bonds is 6. The van der Waals surface area contributed by atoms with Crippen molar-refractivity contribution < 1.29 is 9.53 Å². The van der Waals surface area contributed by atoms with Crippen molar-refractivity contribution in [2.75, 3.05) is 56.2 Å². The maximum Gasteiger partial charge on any atom is 0.255 e. The van der Waals surface area contributed by atoms with Crippen LogP contribution in [-0.4, -0.2) is 72.4 Å². The van der Waals surface area contributed by atoms with Gasteiger partial charge in [0, 0.05) is 51.5 Å². The maximum absolute atomic E-state index is 12.6. The summed E-state index contributed by atoms with van der Waals surface area (Å²) in [5, 5.41) is 8.72. The standard InChI is InChI=1S/C19H26N6O2/c1-4-23(5-2)16-7-8-17(22-21-16)24-10-12-25(13-11-24)19(26)15-6-9-18(27-3)20-14-15/h6-9,14H,4-5,10-13H2,1-3H3. The molecule has 1 amide bonds. The number of aromatic nitrogens is 3. The molecule has 1 fully saturated rings. The summed E-state index contributed by atoms with van der Waals surface area (Å²) in [6, 6.07) is 7.47. The Bertz CT molecular complexity index is 738. The number of carbonyl (C=O) groups is 1. The molecule has 2 aromatic heterocycles. The van der Waals surface area contributed by atoms with Gasteiger partial charge in [0.1, 0.15) is 0 Å². The van der Waals surface area contributed by atoms with Crippen LogP contribution in [0.15, 0.2) is 30.5 Å². The molecule has 0 spiro atoms. The summed E-state index contributed by atoms with van der Waals surface area (Å²) in [6.07, 6.45) is 1.56. The zero-order valence-electron chi connectivity index (χ0n) is 16.1. The Morgan fingerprint density at radius 2 is 1.81 bits per heavy atom. The minimum atomic E-state index is -0.00670. The third-order valence-electron chi connectivity index (χ3n) is 4.81. The molecule has 0 radical (unpaired) electrons. The van der Waals surface area contributed by atoms with Gasteiger partial charge in [0.15, 0.2) is 11.6 Å². The van der Waals surface area contributed by atoms with Gasteiger partial charge in [0.2, 0.25) is 5.88 Å². The number of pyridine rings is 1. The highest BCUT2D eigenvalue weighted by molar-refractivity contribution is 5.94. The second-order valence-corrected chi connectivity index (χ2v) is 6.29. The summed E-state index contributed by atoms with van der Waals surface area (Å²) in [6.45, 7) is 8.77. The third kappa shape index (κ3) is 4.27. The molecule has 144 valence electrons. The first-order chi connectivity index (χ1) is 13.2. The van der Waals surface area contributed by atoms with Crippen LogP contribution in [0.5, 0.6) is 5.88 Å². The first kappa shape index (κ1) is 18.9. The average molecular weight is 370 g/mol. The van der Waals surface area contributed by atoms with E-state index in [9.17, 15) is 4.79 Å². The first-order valence-corrected chi connectivity index (χ1v) is 9.29. The predicted octanol–water partition coefficient (Wildman–Crippen LogP) is 1.69. The summed E-state index contributed by atoms with van der Waals surface area (Å²) in [7, 11) is 1.56. The largest absolute Gasteiger partial charge is 0.481 e. The van der Waals surface area contributed by atoms with Crippen LogP contribution in [0.1, 0.15) is 24.2 Å². The summed E-state index contributed by atoms with van der Waals surface area (Å²) in [5.74, 6) is 2.24. The molecule has 3 rings (SSSR count). The summed E-state index contributed by atoms with van der Waals surface area (Å²) < 4.78 is 5.04. The fraction of sp³-hybridized carbons (Fsp3) is 0.474. The normalized spacial score (nSPS) is 14.2. The lowest BCUT2D eigenvalue weighted by Gasteiger charge is -2.35. The highest BCUT2D eigenvalue weighted by Gasteiger charge is 2.23. The summed E-state index contributed by atoms with van der Waals surface area (Å²) in [5.41, 5.74) is 0.576. The number of hydrogen-bond donors (Lipinski definition) is 0. The topological polar surface area (TPSA) is 74.7 Å². The molecule has 0 aliphatic carbocycles. The van der Waals surface area contributed by atoms with E-state index in [1.165, 1.54) is 0 Å². The fourth-order valence-electron chi connectivity index (χ4n) is 3.15. The molecule has 1 aliphatic heterocycles. The van der Waals surface area contributed by atoms with Crippen LogP contribution in [0.3, 0.4) is 0 Å². The molecule has 0 N–H and O–H groups in total. The summed E-state index contributed by atoms with van der Waals surface area (Å²) in [4.78, 5) is 22.9. The van der Waals surface area contributed by atoms with Gasteiger partial charge in [-0.1, -0.05) is 0 Å². The van der Waals surface area contributed by atoms with Gasteiger partial charge in [-0.05, 0) is 32.0 Å². The van der Waals surface area contributed by atoms with Crippen LogP contribution < -0.4 is 14.5 Å². The number of piperazine rings is 1. The van der Waals surface area contributed by atoms with Crippen LogP contribution >= 0.6 is 0 Å². The highest BCUT2D eigenvalue weighted by Crippen LogP contribution is 2.17. The van der Waals surface area contributed by atoms with Crippen molar-refractivity contribution in [3.8, 4) is 5.88 Å². The van der Waals surface area contributed by atoms with Crippen molar-refractivity contribution in [2.45, 2.75) is 13.8 Å². The Labute approximate surface area is 159 Å². The van der Waals surface area contributed by atoms with E-state index in [0.717, 1.165) is 37.8 Å². The van der Waals surface area contributed by atoms with E-state index < -0.39 is 0 Å². The first-order valence-electron chi connectivity index (χ1n) is 9.29. The van der Waals surface area contributed by atoms with Crippen LogP contribution in [0.4, 0.5) is 11.6 Å². The lowest BCUT2D eigenvalue weighted by Crippen LogP contribution is -2.49. The zero-order valence-corrected chi connectivity index (χ0v) is 16.1. The van der Waals surface area contributed by atoms with Crippen LogP contribution in [0.2, 0.25) is 0 Å². The molecule has 0 unspecified atom stereocenters. The third-order valence-corrected chi connectivity index (χ3v) is 4.81. The molecular weight excluding hydrogens is 344 g/mol. The molecule has 8 heteroatoms. The molecule has 2 aromatic rings. The SMILES string of the molecule is CCN(CC)c1ccc(N2CCN(C(=O)c3ccc(OC)nc3)CC2)nn1. The molecular formula is C19H26N6O2. The van der Waals surface area contributed by atoms with E-state index in [-0.39, 0.29) is 5.91 Å². The van der Waals surface area contributed by atoms with E-state index >= 15 is 0 Å². The average Bonchev–Trinajstić information content (AvgIpc) is 2.75. The predicted molar refractivity (Wildman–Crippen MR) is 104 cm³/mol. The van der Waals surface area contributed by atoms with E-state index in [4.69, 9.17) is 4.74 Å². The van der Waals surface area contributed by atoms with Crippen LogP contribution in [0, 0.1) is 0 Å². The lowest BCUT2D eigenvalue weighted by molar-refractivity contribution is 0.0746. The summed E-state index contributed by atoms with van der Waals surface area (Å²) >= 11 is 0. The second-order valence-electron chi connectivity index (χ2n) is 6.29. The number of carbonyl (C=O) groups excluding carboxylic acids is 1. The van der Waals surface area contributed by atoms with Gasteiger partial charge < -0.3 is 19.4 Å². The minimum Gasteiger partial charge on any atom is -0.481 e. The van der Waals surface area contributed by atoms with E-state index in [2.05, 4.69) is 38.8 Å². The molecule has 0 aromatic carbocycles. The second kappa shape index (κ2) is 8.66. The van der Waals surface area contributed by atoms with Crippen molar-refractivity contribution in [2.24, 2.45) is 0 Å². The number of nitrogens with zero attached hydrogens (tertiary/aromatic N) is 6. The van der Waals surface area contributed by atoms with Crippen molar-refractivity contribution in [3.05, 3.63) is 36.0 Å².